The van der Waals surface area contributed by atoms with Crippen molar-refractivity contribution in [2.75, 3.05) is 10.6 Å². The van der Waals surface area contributed by atoms with Crippen molar-refractivity contribution in [2.24, 2.45) is 0 Å². The minimum atomic E-state index is -0.431. The number of nitrogens with one attached hydrogen (secondary N) is 2. The van der Waals surface area contributed by atoms with Crippen molar-refractivity contribution in [2.45, 2.75) is 51.1 Å². The van der Waals surface area contributed by atoms with Crippen LogP contribution in [0.4, 0.5) is 15.2 Å². The van der Waals surface area contributed by atoms with E-state index in [0.29, 0.717) is 28.3 Å². The number of carbonyl (C=O) groups excluding carboxylic acids is 2. The van der Waals surface area contributed by atoms with Gasteiger partial charge in [-0.15, -0.1) is 21.5 Å². The van der Waals surface area contributed by atoms with Gasteiger partial charge < -0.3 is 15.2 Å². The molecule has 1 atom stereocenters. The van der Waals surface area contributed by atoms with Crippen molar-refractivity contribution in [1.82, 2.24) is 19.7 Å². The van der Waals surface area contributed by atoms with E-state index >= 15 is 0 Å². The molecule has 0 aliphatic rings. The Kier molecular flexibility index (Phi) is 7.39. The highest BCUT2D eigenvalue weighted by atomic mass is 32.2. The van der Waals surface area contributed by atoms with Gasteiger partial charge in [0.05, 0.1) is 17.4 Å². The summed E-state index contributed by atoms with van der Waals surface area (Å²) in [5.74, 6) is -0.349. The Morgan fingerprint density at radius 2 is 1.90 bits per heavy atom. The first kappa shape index (κ1) is 22.9. The quantitative estimate of drug-likeness (QED) is 0.494. The zero-order valence-electron chi connectivity index (χ0n) is 17.6. The van der Waals surface area contributed by atoms with E-state index in [-0.39, 0.29) is 24.1 Å². The summed E-state index contributed by atoms with van der Waals surface area (Å²) < 4.78 is 14.8. The van der Waals surface area contributed by atoms with E-state index in [1.54, 1.807) is 11.5 Å². The predicted molar refractivity (Wildman–Crippen MR) is 120 cm³/mol. The lowest BCUT2D eigenvalue weighted by molar-refractivity contribution is -0.116. The van der Waals surface area contributed by atoms with Crippen LogP contribution in [0.25, 0.3) is 0 Å². The van der Waals surface area contributed by atoms with Crippen molar-refractivity contribution in [3.63, 3.8) is 0 Å². The smallest absolute Gasteiger partial charge is 0.239 e. The van der Waals surface area contributed by atoms with E-state index in [1.165, 1.54) is 47.4 Å². The number of thioether (sulfide) groups is 1. The van der Waals surface area contributed by atoms with Crippen molar-refractivity contribution in [3.05, 3.63) is 46.5 Å². The zero-order valence-corrected chi connectivity index (χ0v) is 19.2. The largest absolute Gasteiger partial charge is 0.326 e. The van der Waals surface area contributed by atoms with Gasteiger partial charge in [-0.2, -0.15) is 0 Å². The maximum absolute atomic E-state index is 13.0. The molecule has 0 bridgehead atoms. The standard InChI is InChI=1S/C20H23FN6O2S2/c1-5-27-16(10-17(28)23-15-8-6-14(21)7-9-15)25-26-20(27)31-13(4)18(29)24-19-22-11(2)12(3)30-19/h6-9,13H,5,10H2,1-4H3,(H,23,28)(H,22,24,29)/t13-/m1/s1. The van der Waals surface area contributed by atoms with Gasteiger partial charge in [-0.25, -0.2) is 9.37 Å². The number of anilines is 2. The molecule has 0 spiro atoms. The predicted octanol–water partition coefficient (Wildman–Crippen LogP) is 3.81. The van der Waals surface area contributed by atoms with Crippen LogP contribution in [0.3, 0.4) is 0 Å². The maximum Gasteiger partial charge on any atom is 0.239 e. The Labute approximate surface area is 187 Å². The first-order chi connectivity index (χ1) is 14.8. The molecule has 0 saturated carbocycles. The molecule has 1 aromatic carbocycles. The summed E-state index contributed by atoms with van der Waals surface area (Å²) in [5, 5.41) is 14.5. The third-order valence-corrected chi connectivity index (χ3v) is 6.54. The third-order valence-electron chi connectivity index (χ3n) is 4.47. The average Bonchev–Trinajstić information content (AvgIpc) is 3.25. The molecule has 2 amide bonds. The monoisotopic (exact) mass is 462 g/mol. The highest BCUT2D eigenvalue weighted by Gasteiger charge is 2.21. The van der Waals surface area contributed by atoms with Gasteiger partial charge in [-0.3, -0.25) is 9.59 Å². The van der Waals surface area contributed by atoms with Crippen molar-refractivity contribution in [3.8, 4) is 0 Å². The van der Waals surface area contributed by atoms with Crippen molar-refractivity contribution >= 4 is 45.7 Å². The Morgan fingerprint density at radius 3 is 2.52 bits per heavy atom. The molecule has 0 saturated heterocycles. The van der Waals surface area contributed by atoms with E-state index in [0.717, 1.165) is 10.6 Å². The van der Waals surface area contributed by atoms with Gasteiger partial charge in [0.1, 0.15) is 11.6 Å². The van der Waals surface area contributed by atoms with Crippen LogP contribution in [0.5, 0.6) is 0 Å². The SMILES string of the molecule is CCn1c(CC(=O)Nc2ccc(F)cc2)nnc1S[C@H](C)C(=O)Nc1nc(C)c(C)s1. The molecule has 3 rings (SSSR count). The Morgan fingerprint density at radius 1 is 1.19 bits per heavy atom. The number of rotatable bonds is 8. The number of hydrogen-bond acceptors (Lipinski definition) is 7. The number of benzene rings is 1. The summed E-state index contributed by atoms with van der Waals surface area (Å²) >= 11 is 2.70. The fourth-order valence-corrected chi connectivity index (χ4v) is 4.43. The fourth-order valence-electron chi connectivity index (χ4n) is 2.68. The second kappa shape index (κ2) is 10.0. The van der Waals surface area contributed by atoms with Crippen LogP contribution >= 0.6 is 23.1 Å². The number of nitrogens with zero attached hydrogens (tertiary/aromatic N) is 4. The van der Waals surface area contributed by atoms with Gasteiger partial charge >= 0.3 is 0 Å². The molecule has 3 aromatic rings. The Bertz CT molecular complexity index is 1060. The van der Waals surface area contributed by atoms with E-state index in [1.807, 2.05) is 20.8 Å². The van der Waals surface area contributed by atoms with Gasteiger partial charge in [-0.1, -0.05) is 11.8 Å². The molecule has 0 radical (unpaired) electrons. The molecule has 0 unspecified atom stereocenters. The molecule has 164 valence electrons. The summed E-state index contributed by atoms with van der Waals surface area (Å²) in [6.45, 7) is 8.10. The summed E-state index contributed by atoms with van der Waals surface area (Å²) in [7, 11) is 0. The van der Waals surface area contributed by atoms with Crippen LogP contribution < -0.4 is 10.6 Å². The summed E-state index contributed by atoms with van der Waals surface area (Å²) in [6, 6.07) is 5.54. The number of hydrogen-bond donors (Lipinski definition) is 2. The number of aromatic nitrogens is 4. The van der Waals surface area contributed by atoms with Crippen molar-refractivity contribution < 1.29 is 14.0 Å². The van der Waals surface area contributed by atoms with Gasteiger partial charge in [-0.05, 0) is 52.0 Å². The van der Waals surface area contributed by atoms with Crippen LogP contribution in [0, 0.1) is 19.7 Å². The Balaban J connectivity index is 1.62. The van der Waals surface area contributed by atoms with E-state index in [4.69, 9.17) is 0 Å². The molecule has 0 aliphatic heterocycles. The third kappa shape index (κ3) is 5.88. The van der Waals surface area contributed by atoms with Crippen LogP contribution in [-0.4, -0.2) is 36.8 Å². The van der Waals surface area contributed by atoms with Crippen LogP contribution in [0.1, 0.15) is 30.2 Å². The van der Waals surface area contributed by atoms with Crippen LogP contribution in [0.15, 0.2) is 29.4 Å². The van der Waals surface area contributed by atoms with E-state index < -0.39 is 5.25 Å². The Hall–Kier alpha value is -2.79. The number of halogens is 1. The second-order valence-corrected chi connectivity index (χ2v) is 9.30. The first-order valence-corrected chi connectivity index (χ1v) is 11.4. The first-order valence-electron chi connectivity index (χ1n) is 9.65. The van der Waals surface area contributed by atoms with Crippen molar-refractivity contribution in [1.29, 1.82) is 0 Å². The van der Waals surface area contributed by atoms with Gasteiger partial charge in [0.2, 0.25) is 11.8 Å². The average molecular weight is 463 g/mol. The van der Waals surface area contributed by atoms with Crippen LogP contribution in [-0.2, 0) is 22.6 Å². The number of aryl methyl sites for hydroxylation is 2. The topological polar surface area (TPSA) is 102 Å². The minimum Gasteiger partial charge on any atom is -0.326 e. The molecule has 0 aliphatic carbocycles. The number of thiazole rings is 1. The number of amides is 2. The summed E-state index contributed by atoms with van der Waals surface area (Å²) in [5.41, 5.74) is 1.40. The number of carbonyl (C=O) groups is 2. The lowest BCUT2D eigenvalue weighted by atomic mass is 10.3. The molecule has 8 nitrogen and oxygen atoms in total. The molecular weight excluding hydrogens is 439 g/mol. The highest BCUT2D eigenvalue weighted by Crippen LogP contribution is 2.26. The summed E-state index contributed by atoms with van der Waals surface area (Å²) in [4.78, 5) is 30.3. The van der Waals surface area contributed by atoms with E-state index in [9.17, 15) is 14.0 Å². The lowest BCUT2D eigenvalue weighted by Crippen LogP contribution is -2.23. The van der Waals surface area contributed by atoms with Gasteiger partial charge in [0, 0.05) is 17.1 Å². The molecule has 31 heavy (non-hydrogen) atoms. The maximum atomic E-state index is 13.0. The normalized spacial score (nSPS) is 11.9. The molecular formula is C20H23FN6O2S2. The molecule has 2 aromatic heterocycles. The van der Waals surface area contributed by atoms with E-state index in [2.05, 4.69) is 25.8 Å². The van der Waals surface area contributed by atoms with Gasteiger partial charge in [0.15, 0.2) is 10.3 Å². The minimum absolute atomic E-state index is 0.0109. The molecule has 11 heteroatoms. The zero-order chi connectivity index (χ0) is 22.5. The molecule has 2 N–H and O–H groups in total. The lowest BCUT2D eigenvalue weighted by Gasteiger charge is -2.11. The summed E-state index contributed by atoms with van der Waals surface area (Å²) in [6.07, 6.45) is 0.0109. The fraction of sp³-hybridized carbons (Fsp3) is 0.350. The van der Waals surface area contributed by atoms with Gasteiger partial charge in [0.25, 0.3) is 0 Å². The van der Waals surface area contributed by atoms with Crippen LogP contribution in [0.2, 0.25) is 0 Å². The highest BCUT2D eigenvalue weighted by molar-refractivity contribution is 8.00. The second-order valence-electron chi connectivity index (χ2n) is 6.78. The molecule has 2 heterocycles. The molecule has 0 fully saturated rings.